The van der Waals surface area contributed by atoms with Gasteiger partial charge < -0.3 is 23.9 Å². The van der Waals surface area contributed by atoms with Crippen molar-refractivity contribution in [1.29, 1.82) is 0 Å². The topological polar surface area (TPSA) is 136 Å². The summed E-state index contributed by atoms with van der Waals surface area (Å²) in [5, 5.41) is 19.7. The van der Waals surface area contributed by atoms with Crippen LogP contribution in [0.3, 0.4) is 0 Å². The van der Waals surface area contributed by atoms with Crippen molar-refractivity contribution < 1.29 is 28.8 Å². The second kappa shape index (κ2) is 10.7. The van der Waals surface area contributed by atoms with Crippen LogP contribution in [-0.4, -0.2) is 44.1 Å². The van der Waals surface area contributed by atoms with E-state index in [-0.39, 0.29) is 25.0 Å². The highest BCUT2D eigenvalue weighted by atomic mass is 16.7. The van der Waals surface area contributed by atoms with E-state index < -0.39 is 0 Å². The fourth-order valence-electron chi connectivity index (χ4n) is 2.70. The Morgan fingerprint density at radius 3 is 2.58 bits per heavy atom. The number of aliphatic hydroxyl groups is 1. The van der Waals surface area contributed by atoms with Crippen molar-refractivity contribution in [2.24, 2.45) is 15.5 Å². The molecule has 0 bridgehead atoms. The molecule has 0 saturated heterocycles. The number of hydrogen-bond donors (Lipinski definition) is 2. The lowest BCUT2D eigenvalue weighted by Crippen LogP contribution is -2.15. The van der Waals surface area contributed by atoms with Crippen molar-refractivity contribution in [3.63, 3.8) is 0 Å². The van der Waals surface area contributed by atoms with Crippen LogP contribution in [0.4, 0.5) is 11.6 Å². The second-order valence-corrected chi connectivity index (χ2v) is 5.85. The molecule has 1 aliphatic rings. The van der Waals surface area contributed by atoms with Crippen molar-refractivity contribution in [3.05, 3.63) is 59.0 Å². The number of nitrogens with one attached hydrogen (secondary N) is 1. The van der Waals surface area contributed by atoms with E-state index in [0.29, 0.717) is 22.7 Å². The van der Waals surface area contributed by atoms with E-state index in [9.17, 15) is 4.91 Å². The van der Waals surface area contributed by atoms with Crippen molar-refractivity contribution >= 4 is 34.2 Å². The SMILES string of the molecule is CO/N=C1/C(=NOCCO)Oc2ccccc21.CONc1c(N=O)oc2ccccc12. The number of furan rings is 1. The Morgan fingerprint density at radius 1 is 1.06 bits per heavy atom. The predicted molar refractivity (Wildman–Crippen MR) is 113 cm³/mol. The molecule has 2 aromatic carbocycles. The maximum absolute atomic E-state index is 10.4. The molecule has 0 unspecified atom stereocenters. The van der Waals surface area contributed by atoms with Gasteiger partial charge in [0.05, 0.1) is 19.3 Å². The van der Waals surface area contributed by atoms with Crippen LogP contribution in [-0.2, 0) is 14.5 Å². The van der Waals surface area contributed by atoms with E-state index in [1.165, 1.54) is 14.2 Å². The Bertz CT molecular complexity index is 1090. The molecule has 1 aromatic heterocycles. The lowest BCUT2D eigenvalue weighted by Gasteiger charge is -1.98. The molecule has 4 rings (SSSR count). The Morgan fingerprint density at radius 2 is 1.84 bits per heavy atom. The third-order valence-electron chi connectivity index (χ3n) is 3.93. The summed E-state index contributed by atoms with van der Waals surface area (Å²) in [6, 6.07) is 14.6. The van der Waals surface area contributed by atoms with Crippen LogP contribution < -0.4 is 10.2 Å². The summed E-state index contributed by atoms with van der Waals surface area (Å²) >= 11 is 0. The predicted octanol–water partition coefficient (Wildman–Crippen LogP) is 3.56. The Balaban J connectivity index is 0.000000179. The fraction of sp³-hybridized carbons (Fsp3) is 0.200. The lowest BCUT2D eigenvalue weighted by atomic mass is 10.1. The highest BCUT2D eigenvalue weighted by Gasteiger charge is 2.28. The van der Waals surface area contributed by atoms with E-state index in [4.69, 9.17) is 28.8 Å². The zero-order valence-electron chi connectivity index (χ0n) is 16.8. The minimum Gasteiger partial charge on any atom is -0.434 e. The van der Waals surface area contributed by atoms with Crippen molar-refractivity contribution in [2.45, 2.75) is 0 Å². The minimum atomic E-state index is -0.111. The number of oxime groups is 2. The molecule has 0 fully saturated rings. The molecule has 2 heterocycles. The van der Waals surface area contributed by atoms with E-state index in [0.717, 1.165) is 10.9 Å². The minimum absolute atomic E-state index is 0.00644. The van der Waals surface area contributed by atoms with Gasteiger partial charge in [0, 0.05) is 10.6 Å². The Labute approximate surface area is 176 Å². The maximum Gasteiger partial charge on any atom is 0.287 e. The van der Waals surface area contributed by atoms with E-state index in [2.05, 4.69) is 21.0 Å². The summed E-state index contributed by atoms with van der Waals surface area (Å²) in [6.45, 7) is -0.00997. The van der Waals surface area contributed by atoms with Gasteiger partial charge >= 0.3 is 0 Å². The standard InChI is InChI=1S/C11H12N2O4.C9H8N2O3/c1-15-12-10-8-4-2-3-5-9(8)17-11(10)13-16-7-6-14;1-13-11-8-6-4-2-3-5-7(6)14-9(8)10-12/h2-5,14H,6-7H2,1H3;2-5,11H,1H3/b12-10+,13-11?;. The molecule has 162 valence electrons. The number of rotatable bonds is 7. The third-order valence-corrected chi connectivity index (χ3v) is 3.93. The Hall–Kier alpha value is -3.96. The van der Waals surface area contributed by atoms with E-state index in [1.807, 2.05) is 36.4 Å². The molecule has 11 nitrogen and oxygen atoms in total. The second-order valence-electron chi connectivity index (χ2n) is 5.85. The van der Waals surface area contributed by atoms with Crippen LogP contribution in [0.15, 0.2) is 68.4 Å². The van der Waals surface area contributed by atoms with Crippen LogP contribution in [0, 0.1) is 4.91 Å². The number of aliphatic hydroxyl groups excluding tert-OH is 1. The molecule has 0 spiro atoms. The smallest absolute Gasteiger partial charge is 0.287 e. The van der Waals surface area contributed by atoms with Gasteiger partial charge in [-0.2, -0.15) is 0 Å². The fourth-order valence-corrected chi connectivity index (χ4v) is 2.70. The van der Waals surface area contributed by atoms with Gasteiger partial charge in [-0.3, -0.25) is 10.3 Å². The monoisotopic (exact) mass is 428 g/mol. The van der Waals surface area contributed by atoms with E-state index >= 15 is 0 Å². The molecule has 2 N–H and O–H groups in total. The molecular formula is C20H20N4O7. The number of para-hydroxylation sites is 2. The number of fused-ring (bicyclic) bond motifs is 2. The number of ether oxygens (including phenoxy) is 1. The van der Waals surface area contributed by atoms with Gasteiger partial charge in [-0.1, -0.05) is 29.4 Å². The third kappa shape index (κ3) is 4.97. The summed E-state index contributed by atoms with van der Waals surface area (Å²) in [5.74, 6) is 0.865. The molecule has 3 aromatic rings. The van der Waals surface area contributed by atoms with Crippen LogP contribution >= 0.6 is 0 Å². The normalized spacial score (nSPS) is 14.5. The van der Waals surface area contributed by atoms with Gasteiger partial charge in [-0.25, -0.2) is 0 Å². The average Bonchev–Trinajstić information content (AvgIpc) is 3.33. The van der Waals surface area contributed by atoms with Crippen LogP contribution in [0.5, 0.6) is 5.75 Å². The molecule has 0 radical (unpaired) electrons. The number of nitrogens with zero attached hydrogens (tertiary/aromatic N) is 3. The summed E-state index contributed by atoms with van der Waals surface area (Å²) in [6.07, 6.45) is 0. The highest BCUT2D eigenvalue weighted by Crippen LogP contribution is 2.36. The summed E-state index contributed by atoms with van der Waals surface area (Å²) in [4.78, 5) is 24.8. The molecular weight excluding hydrogens is 408 g/mol. The Kier molecular flexibility index (Phi) is 7.51. The number of benzene rings is 2. The van der Waals surface area contributed by atoms with Gasteiger partial charge in [0.25, 0.3) is 11.8 Å². The van der Waals surface area contributed by atoms with Crippen molar-refractivity contribution in [1.82, 2.24) is 0 Å². The molecule has 31 heavy (non-hydrogen) atoms. The van der Waals surface area contributed by atoms with Gasteiger partial charge in [-0.05, 0) is 29.4 Å². The van der Waals surface area contributed by atoms with Crippen LogP contribution in [0.25, 0.3) is 11.0 Å². The molecule has 0 aliphatic carbocycles. The van der Waals surface area contributed by atoms with Gasteiger partial charge in [0.2, 0.25) is 0 Å². The highest BCUT2D eigenvalue weighted by molar-refractivity contribution is 6.48. The van der Waals surface area contributed by atoms with E-state index in [1.54, 1.807) is 12.1 Å². The molecule has 11 heteroatoms. The largest absolute Gasteiger partial charge is 0.434 e. The first-order valence-corrected chi connectivity index (χ1v) is 9.07. The van der Waals surface area contributed by atoms with Crippen LogP contribution in [0.2, 0.25) is 0 Å². The van der Waals surface area contributed by atoms with Crippen LogP contribution in [0.1, 0.15) is 5.56 Å². The summed E-state index contributed by atoms with van der Waals surface area (Å²) in [7, 11) is 2.90. The number of hydrogen-bond acceptors (Lipinski definition) is 11. The van der Waals surface area contributed by atoms with Gasteiger partial charge in [0.15, 0.2) is 5.71 Å². The number of nitroso groups, excluding NO2 is 1. The molecule has 0 saturated carbocycles. The maximum atomic E-state index is 10.4. The first kappa shape index (κ1) is 21.7. The zero-order chi connectivity index (χ0) is 22.1. The summed E-state index contributed by atoms with van der Waals surface area (Å²) < 4.78 is 10.6. The molecule has 0 amide bonds. The molecule has 0 atom stereocenters. The number of anilines is 1. The zero-order valence-corrected chi connectivity index (χ0v) is 16.8. The van der Waals surface area contributed by atoms with Gasteiger partial charge in [0.1, 0.15) is 30.7 Å². The average molecular weight is 428 g/mol. The van der Waals surface area contributed by atoms with Gasteiger partial charge in [-0.15, -0.1) is 4.91 Å². The molecule has 1 aliphatic heterocycles. The summed E-state index contributed by atoms with van der Waals surface area (Å²) in [5.41, 5.74) is 4.88. The first-order chi connectivity index (χ1) is 15.2. The quantitative estimate of drug-likeness (QED) is 0.331. The van der Waals surface area contributed by atoms with Crippen molar-refractivity contribution in [3.8, 4) is 5.75 Å². The first-order valence-electron chi connectivity index (χ1n) is 9.07. The van der Waals surface area contributed by atoms with Crippen molar-refractivity contribution in [2.75, 3.05) is 32.9 Å². The lowest BCUT2D eigenvalue weighted by molar-refractivity contribution is 0.0960.